The Kier molecular flexibility index (Phi) is 3.46. The van der Waals surface area contributed by atoms with Gasteiger partial charge in [-0.25, -0.2) is 0 Å². The van der Waals surface area contributed by atoms with Gasteiger partial charge in [0, 0.05) is 31.2 Å². The first-order chi connectivity index (χ1) is 7.90. The molecule has 1 aliphatic carbocycles. The number of rotatable bonds is 5. The predicted molar refractivity (Wildman–Crippen MR) is 68.6 cm³/mol. The van der Waals surface area contributed by atoms with Crippen LogP contribution in [0.1, 0.15) is 40.0 Å². The number of nitrogens with one attached hydrogen (secondary N) is 1. The van der Waals surface area contributed by atoms with Crippen LogP contribution in [0, 0.1) is 5.41 Å². The lowest BCUT2D eigenvalue weighted by molar-refractivity contribution is -0.125. The summed E-state index contributed by atoms with van der Waals surface area (Å²) in [6, 6.07) is 2.03. The Balaban J connectivity index is 1.79. The van der Waals surface area contributed by atoms with Gasteiger partial charge in [-0.05, 0) is 40.0 Å². The molecule has 1 heterocycles. The molecule has 1 amide bonds. The zero-order valence-electron chi connectivity index (χ0n) is 11.2. The van der Waals surface area contributed by atoms with Crippen LogP contribution in [0.25, 0.3) is 0 Å². The van der Waals surface area contributed by atoms with E-state index >= 15 is 0 Å². The van der Waals surface area contributed by atoms with E-state index in [1.165, 1.54) is 19.3 Å². The number of hydrogen-bond acceptors (Lipinski definition) is 3. The van der Waals surface area contributed by atoms with Crippen LogP contribution in [0.2, 0.25) is 0 Å². The molecule has 4 heteroatoms. The minimum absolute atomic E-state index is 0.227. The molecule has 0 radical (unpaired) electrons. The third-order valence-corrected chi connectivity index (χ3v) is 4.14. The van der Waals surface area contributed by atoms with Gasteiger partial charge in [0.2, 0.25) is 5.91 Å². The fraction of sp³-hybridized carbons (Fsp3) is 0.923. The van der Waals surface area contributed by atoms with Crippen molar-refractivity contribution in [2.45, 2.75) is 58.2 Å². The summed E-state index contributed by atoms with van der Waals surface area (Å²) in [6.45, 7) is 7.91. The maximum atomic E-state index is 11.2. The molecule has 98 valence electrons. The number of carbonyl (C=O) groups excluding carboxylic acids is 1. The minimum atomic E-state index is -0.448. The fourth-order valence-electron chi connectivity index (χ4n) is 2.61. The van der Waals surface area contributed by atoms with E-state index in [4.69, 9.17) is 5.73 Å². The van der Waals surface area contributed by atoms with Crippen molar-refractivity contribution in [3.63, 3.8) is 0 Å². The SMILES string of the molecule is CC1CC(NCC(C)(C)C(N)=O)CN1C1CC1. The van der Waals surface area contributed by atoms with Gasteiger partial charge in [-0.2, -0.15) is 0 Å². The second-order valence-electron chi connectivity index (χ2n) is 6.34. The molecule has 1 saturated carbocycles. The number of primary amides is 1. The Bertz CT molecular complexity index is 299. The van der Waals surface area contributed by atoms with Crippen LogP contribution in [-0.4, -0.2) is 42.0 Å². The van der Waals surface area contributed by atoms with Gasteiger partial charge >= 0.3 is 0 Å². The summed E-state index contributed by atoms with van der Waals surface area (Å²) in [7, 11) is 0. The summed E-state index contributed by atoms with van der Waals surface area (Å²) < 4.78 is 0. The van der Waals surface area contributed by atoms with Crippen molar-refractivity contribution >= 4 is 5.91 Å². The summed E-state index contributed by atoms with van der Waals surface area (Å²) in [5.74, 6) is -0.227. The fourth-order valence-corrected chi connectivity index (χ4v) is 2.61. The molecular formula is C13H25N3O. The molecular weight excluding hydrogens is 214 g/mol. The minimum Gasteiger partial charge on any atom is -0.369 e. The lowest BCUT2D eigenvalue weighted by Gasteiger charge is -2.24. The van der Waals surface area contributed by atoms with Crippen molar-refractivity contribution < 1.29 is 4.79 Å². The molecule has 1 saturated heterocycles. The zero-order valence-corrected chi connectivity index (χ0v) is 11.2. The highest BCUT2D eigenvalue weighted by atomic mass is 16.1. The molecule has 1 aliphatic heterocycles. The van der Waals surface area contributed by atoms with Gasteiger partial charge in [0.1, 0.15) is 0 Å². The molecule has 0 bridgehead atoms. The molecule has 2 fully saturated rings. The third kappa shape index (κ3) is 2.99. The number of amides is 1. The molecule has 17 heavy (non-hydrogen) atoms. The van der Waals surface area contributed by atoms with Crippen LogP contribution in [0.3, 0.4) is 0 Å². The molecule has 0 spiro atoms. The van der Waals surface area contributed by atoms with Crippen molar-refractivity contribution in [3.8, 4) is 0 Å². The summed E-state index contributed by atoms with van der Waals surface area (Å²) >= 11 is 0. The van der Waals surface area contributed by atoms with E-state index in [2.05, 4.69) is 17.1 Å². The first-order valence-electron chi connectivity index (χ1n) is 6.69. The van der Waals surface area contributed by atoms with Crippen molar-refractivity contribution in [1.82, 2.24) is 10.2 Å². The molecule has 0 aromatic heterocycles. The molecule has 0 aromatic carbocycles. The van der Waals surface area contributed by atoms with Gasteiger partial charge in [0.15, 0.2) is 0 Å². The molecule has 0 aromatic rings. The zero-order chi connectivity index (χ0) is 12.6. The Morgan fingerprint density at radius 1 is 1.47 bits per heavy atom. The standard InChI is InChI=1S/C13H25N3O/c1-9-6-10(7-16(9)11-4-5-11)15-8-13(2,3)12(14)17/h9-11,15H,4-8H2,1-3H3,(H2,14,17). The Morgan fingerprint density at radius 3 is 2.65 bits per heavy atom. The number of hydrogen-bond donors (Lipinski definition) is 2. The van der Waals surface area contributed by atoms with Gasteiger partial charge in [0.25, 0.3) is 0 Å². The van der Waals surface area contributed by atoms with Gasteiger partial charge in [-0.15, -0.1) is 0 Å². The second-order valence-corrected chi connectivity index (χ2v) is 6.34. The average Bonchev–Trinajstić information content (AvgIpc) is 3.00. The molecule has 2 unspecified atom stereocenters. The van der Waals surface area contributed by atoms with Crippen LogP contribution >= 0.6 is 0 Å². The number of likely N-dealkylation sites (tertiary alicyclic amines) is 1. The highest BCUT2D eigenvalue weighted by molar-refractivity contribution is 5.80. The van der Waals surface area contributed by atoms with Gasteiger partial charge in [0.05, 0.1) is 5.41 Å². The molecule has 4 nitrogen and oxygen atoms in total. The smallest absolute Gasteiger partial charge is 0.224 e. The highest BCUT2D eigenvalue weighted by Crippen LogP contribution is 2.33. The molecule has 3 N–H and O–H groups in total. The highest BCUT2D eigenvalue weighted by Gasteiger charge is 2.39. The van der Waals surface area contributed by atoms with E-state index in [9.17, 15) is 4.79 Å². The predicted octanol–water partition coefficient (Wildman–Crippen LogP) is 0.713. The molecule has 2 rings (SSSR count). The summed E-state index contributed by atoms with van der Waals surface area (Å²) in [6.07, 6.45) is 3.92. The monoisotopic (exact) mass is 239 g/mol. The molecule has 2 aliphatic rings. The summed E-state index contributed by atoms with van der Waals surface area (Å²) in [4.78, 5) is 13.9. The van der Waals surface area contributed by atoms with Crippen LogP contribution in [0.15, 0.2) is 0 Å². The van der Waals surface area contributed by atoms with Crippen molar-refractivity contribution in [1.29, 1.82) is 0 Å². The van der Waals surface area contributed by atoms with Crippen LogP contribution in [-0.2, 0) is 4.79 Å². The first kappa shape index (κ1) is 12.8. The topological polar surface area (TPSA) is 58.4 Å². The quantitative estimate of drug-likeness (QED) is 0.743. The van der Waals surface area contributed by atoms with E-state index in [1.54, 1.807) is 0 Å². The van der Waals surface area contributed by atoms with Crippen molar-refractivity contribution in [2.24, 2.45) is 11.1 Å². The van der Waals surface area contributed by atoms with Gasteiger partial charge < -0.3 is 11.1 Å². The van der Waals surface area contributed by atoms with Crippen molar-refractivity contribution in [3.05, 3.63) is 0 Å². The number of nitrogens with zero attached hydrogens (tertiary/aromatic N) is 1. The van der Waals surface area contributed by atoms with Crippen LogP contribution in [0.5, 0.6) is 0 Å². The number of carbonyl (C=O) groups is 1. The Morgan fingerprint density at radius 2 is 2.12 bits per heavy atom. The van der Waals surface area contributed by atoms with E-state index in [0.29, 0.717) is 18.6 Å². The van der Waals surface area contributed by atoms with E-state index in [-0.39, 0.29) is 5.91 Å². The van der Waals surface area contributed by atoms with E-state index < -0.39 is 5.41 Å². The Labute approximate surface area is 104 Å². The second kappa shape index (κ2) is 4.58. The number of nitrogens with two attached hydrogens (primary N) is 1. The Hall–Kier alpha value is -0.610. The largest absolute Gasteiger partial charge is 0.369 e. The van der Waals surface area contributed by atoms with Crippen LogP contribution < -0.4 is 11.1 Å². The first-order valence-corrected chi connectivity index (χ1v) is 6.69. The maximum Gasteiger partial charge on any atom is 0.224 e. The van der Waals surface area contributed by atoms with Gasteiger partial charge in [-0.3, -0.25) is 9.69 Å². The normalized spacial score (nSPS) is 30.8. The van der Waals surface area contributed by atoms with Gasteiger partial charge in [-0.1, -0.05) is 0 Å². The lowest BCUT2D eigenvalue weighted by atomic mass is 9.92. The van der Waals surface area contributed by atoms with Crippen LogP contribution in [0.4, 0.5) is 0 Å². The third-order valence-electron chi connectivity index (χ3n) is 4.14. The van der Waals surface area contributed by atoms with E-state index in [1.807, 2.05) is 13.8 Å². The summed E-state index contributed by atoms with van der Waals surface area (Å²) in [5.41, 5.74) is 4.93. The average molecular weight is 239 g/mol. The van der Waals surface area contributed by atoms with E-state index in [0.717, 1.165) is 12.6 Å². The summed E-state index contributed by atoms with van der Waals surface area (Å²) in [5, 5.41) is 3.50. The molecule has 2 atom stereocenters. The lowest BCUT2D eigenvalue weighted by Crippen LogP contribution is -2.44. The van der Waals surface area contributed by atoms with Crippen molar-refractivity contribution in [2.75, 3.05) is 13.1 Å². The maximum absolute atomic E-state index is 11.2.